The summed E-state index contributed by atoms with van der Waals surface area (Å²) in [5.41, 5.74) is -0.617. The van der Waals surface area contributed by atoms with E-state index in [1.165, 1.54) is 7.11 Å². The summed E-state index contributed by atoms with van der Waals surface area (Å²) < 4.78 is 16.4. The quantitative estimate of drug-likeness (QED) is 0.645. The average molecular weight is 254 g/mol. The molecule has 0 aromatic heterocycles. The van der Waals surface area contributed by atoms with Crippen LogP contribution >= 0.6 is 0 Å². The van der Waals surface area contributed by atoms with Crippen LogP contribution in [-0.2, 0) is 23.8 Å². The van der Waals surface area contributed by atoms with Crippen LogP contribution in [0.25, 0.3) is 0 Å². The maximum Gasteiger partial charge on any atom is 0.311 e. The van der Waals surface area contributed by atoms with E-state index in [-0.39, 0.29) is 29.7 Å². The van der Waals surface area contributed by atoms with E-state index in [1.54, 1.807) is 0 Å². The van der Waals surface area contributed by atoms with Gasteiger partial charge in [0, 0.05) is 12.3 Å². The Labute approximate surface area is 106 Å². The first kappa shape index (κ1) is 12.1. The van der Waals surface area contributed by atoms with E-state index in [2.05, 4.69) is 0 Å². The monoisotopic (exact) mass is 254 g/mol. The second-order valence-electron chi connectivity index (χ2n) is 5.44. The molecule has 1 spiro atoms. The molecule has 0 unspecified atom stereocenters. The summed E-state index contributed by atoms with van der Waals surface area (Å²) in [5, 5.41) is 0. The lowest BCUT2D eigenvalue weighted by Crippen LogP contribution is -2.49. The molecule has 3 aliphatic heterocycles. The van der Waals surface area contributed by atoms with Crippen molar-refractivity contribution in [3.63, 3.8) is 0 Å². The van der Waals surface area contributed by atoms with Crippen molar-refractivity contribution in [1.82, 2.24) is 0 Å². The Kier molecular flexibility index (Phi) is 2.90. The van der Waals surface area contributed by atoms with E-state index < -0.39 is 5.60 Å². The fraction of sp³-hybridized carbons (Fsp3) is 0.846. The molecule has 3 heterocycles. The van der Waals surface area contributed by atoms with Crippen molar-refractivity contribution in [2.75, 3.05) is 20.3 Å². The molecule has 0 amide bonds. The molecular formula is C13H18O5. The van der Waals surface area contributed by atoms with Crippen molar-refractivity contribution in [3.05, 3.63) is 0 Å². The first-order valence-electron chi connectivity index (χ1n) is 6.53. The number of methoxy groups -OCH3 is 1. The van der Waals surface area contributed by atoms with Crippen LogP contribution in [0, 0.1) is 11.8 Å². The normalized spacial score (nSPS) is 43.2. The molecule has 3 saturated heterocycles. The molecule has 18 heavy (non-hydrogen) atoms. The molecule has 5 heteroatoms. The number of fused-ring (bicyclic) bond motifs is 1. The molecule has 3 rings (SSSR count). The van der Waals surface area contributed by atoms with Crippen LogP contribution in [-0.4, -0.2) is 43.8 Å². The summed E-state index contributed by atoms with van der Waals surface area (Å²) in [6.07, 6.45) is 2.22. The van der Waals surface area contributed by atoms with Crippen LogP contribution in [0.2, 0.25) is 0 Å². The molecule has 4 atom stereocenters. The van der Waals surface area contributed by atoms with Crippen LogP contribution in [0.1, 0.15) is 25.7 Å². The smallest absolute Gasteiger partial charge is 0.311 e. The molecule has 3 aliphatic rings. The molecule has 0 N–H and O–H groups in total. The molecule has 0 radical (unpaired) electrons. The maximum atomic E-state index is 12.0. The zero-order valence-electron chi connectivity index (χ0n) is 10.5. The van der Waals surface area contributed by atoms with E-state index in [0.717, 1.165) is 6.42 Å². The van der Waals surface area contributed by atoms with Gasteiger partial charge in [-0.15, -0.1) is 0 Å². The van der Waals surface area contributed by atoms with Gasteiger partial charge in [0.15, 0.2) is 5.78 Å². The molecule has 0 aromatic carbocycles. The minimum atomic E-state index is -0.617. The van der Waals surface area contributed by atoms with Crippen LogP contribution in [0.4, 0.5) is 0 Å². The molecule has 0 aromatic rings. The predicted octanol–water partition coefficient (Wildman–Crippen LogP) is 0.703. The van der Waals surface area contributed by atoms with E-state index in [1.807, 2.05) is 0 Å². The van der Waals surface area contributed by atoms with Gasteiger partial charge in [-0.3, -0.25) is 9.59 Å². The van der Waals surface area contributed by atoms with Gasteiger partial charge in [-0.25, -0.2) is 0 Å². The Morgan fingerprint density at radius 3 is 3.11 bits per heavy atom. The highest BCUT2D eigenvalue weighted by molar-refractivity contribution is 5.84. The van der Waals surface area contributed by atoms with Crippen molar-refractivity contribution < 1.29 is 23.8 Å². The number of carbonyl (C=O) groups excluding carboxylic acids is 2. The van der Waals surface area contributed by atoms with Gasteiger partial charge >= 0.3 is 5.97 Å². The van der Waals surface area contributed by atoms with Gasteiger partial charge < -0.3 is 14.2 Å². The SMILES string of the molecule is COC(=O)[C@@H]1CCCC(=O)[C@@H]2C[C@H]3COC[C@@]31O2. The number of Topliss-reactive ketones (excluding diaryl/α,β-unsaturated/α-hetero) is 1. The van der Waals surface area contributed by atoms with E-state index in [4.69, 9.17) is 14.2 Å². The van der Waals surface area contributed by atoms with Crippen molar-refractivity contribution in [2.24, 2.45) is 11.8 Å². The lowest BCUT2D eigenvalue weighted by atomic mass is 9.77. The Bertz CT molecular complexity index is 380. The summed E-state index contributed by atoms with van der Waals surface area (Å²) in [7, 11) is 1.40. The molecular weight excluding hydrogens is 236 g/mol. The van der Waals surface area contributed by atoms with Crippen molar-refractivity contribution in [2.45, 2.75) is 37.4 Å². The zero-order valence-corrected chi connectivity index (χ0v) is 10.5. The third kappa shape index (κ3) is 1.61. The minimum absolute atomic E-state index is 0.147. The van der Waals surface area contributed by atoms with Crippen molar-refractivity contribution in [3.8, 4) is 0 Å². The van der Waals surface area contributed by atoms with E-state index in [9.17, 15) is 9.59 Å². The second kappa shape index (κ2) is 4.31. The van der Waals surface area contributed by atoms with Gasteiger partial charge in [-0.1, -0.05) is 0 Å². The second-order valence-corrected chi connectivity index (χ2v) is 5.44. The minimum Gasteiger partial charge on any atom is -0.469 e. The van der Waals surface area contributed by atoms with Gasteiger partial charge in [0.05, 0.1) is 26.2 Å². The Morgan fingerprint density at radius 1 is 1.50 bits per heavy atom. The lowest BCUT2D eigenvalue weighted by molar-refractivity contribution is -0.169. The highest BCUT2D eigenvalue weighted by Gasteiger charge is 2.60. The van der Waals surface area contributed by atoms with Gasteiger partial charge in [0.2, 0.25) is 0 Å². The van der Waals surface area contributed by atoms with Gasteiger partial charge in [-0.2, -0.15) is 0 Å². The highest BCUT2D eigenvalue weighted by Crippen LogP contribution is 2.49. The summed E-state index contributed by atoms with van der Waals surface area (Å²) in [5.74, 6) is -0.214. The topological polar surface area (TPSA) is 61.8 Å². The number of hydrogen-bond acceptors (Lipinski definition) is 5. The van der Waals surface area contributed by atoms with Crippen LogP contribution in [0.5, 0.6) is 0 Å². The predicted molar refractivity (Wildman–Crippen MR) is 60.9 cm³/mol. The first-order valence-corrected chi connectivity index (χ1v) is 6.53. The summed E-state index contributed by atoms with van der Waals surface area (Å²) in [6.45, 7) is 0.985. The molecule has 5 nitrogen and oxygen atoms in total. The van der Waals surface area contributed by atoms with E-state index in [0.29, 0.717) is 32.5 Å². The Balaban J connectivity index is 1.95. The average Bonchev–Trinajstić information content (AvgIpc) is 2.89. The molecule has 100 valence electrons. The molecule has 3 fully saturated rings. The molecule has 2 bridgehead atoms. The molecule has 0 saturated carbocycles. The highest BCUT2D eigenvalue weighted by atomic mass is 16.6. The summed E-state index contributed by atoms with van der Waals surface area (Å²) in [4.78, 5) is 23.9. The lowest BCUT2D eigenvalue weighted by Gasteiger charge is -2.35. The third-order valence-corrected chi connectivity index (χ3v) is 4.55. The van der Waals surface area contributed by atoms with E-state index >= 15 is 0 Å². The number of ketones is 1. The van der Waals surface area contributed by atoms with Gasteiger partial charge in [0.1, 0.15) is 11.7 Å². The number of rotatable bonds is 1. The van der Waals surface area contributed by atoms with Crippen LogP contribution < -0.4 is 0 Å². The Morgan fingerprint density at radius 2 is 2.33 bits per heavy atom. The standard InChI is InChI=1S/C13H18O5/c1-16-12(15)9-3-2-4-10(14)11-5-8-6-17-7-13(8,9)18-11/h8-9,11H,2-7H2,1H3/t8-,9-,11-,13+/m0/s1. The zero-order chi connectivity index (χ0) is 12.8. The number of esters is 1. The molecule has 0 aliphatic carbocycles. The first-order chi connectivity index (χ1) is 8.67. The van der Waals surface area contributed by atoms with Crippen molar-refractivity contribution >= 4 is 11.8 Å². The van der Waals surface area contributed by atoms with Gasteiger partial charge in [0.25, 0.3) is 0 Å². The number of carbonyl (C=O) groups is 2. The van der Waals surface area contributed by atoms with Gasteiger partial charge in [-0.05, 0) is 19.3 Å². The third-order valence-electron chi connectivity index (χ3n) is 4.55. The summed E-state index contributed by atoms with van der Waals surface area (Å²) in [6, 6.07) is 0. The fourth-order valence-electron chi connectivity index (χ4n) is 3.60. The fourth-order valence-corrected chi connectivity index (χ4v) is 3.60. The maximum absolute atomic E-state index is 12.0. The van der Waals surface area contributed by atoms with Crippen LogP contribution in [0.3, 0.4) is 0 Å². The van der Waals surface area contributed by atoms with Crippen LogP contribution in [0.15, 0.2) is 0 Å². The number of ether oxygens (including phenoxy) is 3. The number of hydrogen-bond donors (Lipinski definition) is 0. The Hall–Kier alpha value is -0.940. The summed E-state index contributed by atoms with van der Waals surface area (Å²) >= 11 is 0. The van der Waals surface area contributed by atoms with Crippen molar-refractivity contribution in [1.29, 1.82) is 0 Å². The largest absolute Gasteiger partial charge is 0.469 e.